The summed E-state index contributed by atoms with van der Waals surface area (Å²) >= 11 is 5.88. The number of nitrogens with zero attached hydrogens (tertiary/aromatic N) is 2. The Labute approximate surface area is 107 Å². The van der Waals surface area contributed by atoms with E-state index in [4.69, 9.17) is 16.9 Å². The van der Waals surface area contributed by atoms with E-state index in [0.717, 1.165) is 6.42 Å². The van der Waals surface area contributed by atoms with Gasteiger partial charge < -0.3 is 5.32 Å². The van der Waals surface area contributed by atoms with Gasteiger partial charge in [0.1, 0.15) is 11.0 Å². The molecule has 0 aliphatic heterocycles. The number of nitriles is 1. The monoisotopic (exact) mass is 249 g/mol. The molecule has 1 aromatic rings. The van der Waals surface area contributed by atoms with Crippen molar-refractivity contribution < 1.29 is 0 Å². The molecule has 0 spiro atoms. The molecule has 0 amide bonds. The summed E-state index contributed by atoms with van der Waals surface area (Å²) in [7, 11) is 0. The average molecular weight is 250 g/mol. The van der Waals surface area contributed by atoms with E-state index < -0.39 is 0 Å². The lowest BCUT2D eigenvalue weighted by atomic mass is 9.87. The van der Waals surface area contributed by atoms with Gasteiger partial charge in [0, 0.05) is 6.04 Å². The van der Waals surface area contributed by atoms with Crippen LogP contribution in [0.5, 0.6) is 0 Å². The Morgan fingerprint density at radius 2 is 2.29 bits per heavy atom. The second-order valence-electron chi connectivity index (χ2n) is 5.25. The summed E-state index contributed by atoms with van der Waals surface area (Å²) < 4.78 is 0. The van der Waals surface area contributed by atoms with Gasteiger partial charge >= 0.3 is 0 Å². The standard InChI is InChI=1S/C13H16ClN3/c1-13(2)5-3-4-10(13)16-12-7-9(8-15)6-11(14)17-12/h6-7,10H,3-5H2,1-2H3,(H,16,17). The Morgan fingerprint density at radius 1 is 1.53 bits per heavy atom. The second-order valence-corrected chi connectivity index (χ2v) is 5.64. The first-order valence-electron chi connectivity index (χ1n) is 5.85. The van der Waals surface area contributed by atoms with Gasteiger partial charge in [0.25, 0.3) is 0 Å². The van der Waals surface area contributed by atoms with Crippen molar-refractivity contribution in [2.24, 2.45) is 5.41 Å². The smallest absolute Gasteiger partial charge is 0.132 e. The van der Waals surface area contributed by atoms with Crippen molar-refractivity contribution >= 4 is 17.4 Å². The van der Waals surface area contributed by atoms with Gasteiger partial charge in [-0.2, -0.15) is 5.26 Å². The summed E-state index contributed by atoms with van der Waals surface area (Å²) in [6.07, 6.45) is 3.59. The van der Waals surface area contributed by atoms with Crippen LogP contribution in [-0.2, 0) is 0 Å². The van der Waals surface area contributed by atoms with E-state index in [9.17, 15) is 0 Å². The van der Waals surface area contributed by atoms with E-state index in [1.807, 2.05) is 0 Å². The van der Waals surface area contributed by atoms with Crippen molar-refractivity contribution in [1.29, 1.82) is 5.26 Å². The van der Waals surface area contributed by atoms with Gasteiger partial charge in [-0.15, -0.1) is 0 Å². The highest BCUT2D eigenvalue weighted by Crippen LogP contribution is 2.38. The lowest BCUT2D eigenvalue weighted by Crippen LogP contribution is -2.31. The summed E-state index contributed by atoms with van der Waals surface area (Å²) in [6.45, 7) is 4.51. The minimum atomic E-state index is 0.275. The number of hydrogen-bond donors (Lipinski definition) is 1. The zero-order chi connectivity index (χ0) is 12.5. The Morgan fingerprint density at radius 3 is 2.88 bits per heavy atom. The molecule has 1 heterocycles. The first-order valence-corrected chi connectivity index (χ1v) is 6.23. The molecule has 2 rings (SSSR count). The number of anilines is 1. The molecule has 0 aromatic carbocycles. The van der Waals surface area contributed by atoms with E-state index >= 15 is 0 Å². The van der Waals surface area contributed by atoms with E-state index in [-0.39, 0.29) is 5.41 Å². The first-order chi connectivity index (χ1) is 8.01. The van der Waals surface area contributed by atoms with Gasteiger partial charge in [0.05, 0.1) is 11.6 Å². The zero-order valence-corrected chi connectivity index (χ0v) is 10.9. The molecule has 1 N–H and O–H groups in total. The van der Waals surface area contributed by atoms with Crippen molar-refractivity contribution in [3.05, 3.63) is 22.8 Å². The number of hydrogen-bond acceptors (Lipinski definition) is 3. The van der Waals surface area contributed by atoms with Gasteiger partial charge in [0.2, 0.25) is 0 Å². The van der Waals surface area contributed by atoms with Crippen molar-refractivity contribution in [3.8, 4) is 6.07 Å². The fraction of sp³-hybridized carbons (Fsp3) is 0.538. The minimum Gasteiger partial charge on any atom is -0.367 e. The molecule has 90 valence electrons. The van der Waals surface area contributed by atoms with Crippen LogP contribution in [0.1, 0.15) is 38.7 Å². The van der Waals surface area contributed by atoms with Crippen LogP contribution in [0, 0.1) is 16.7 Å². The SMILES string of the molecule is CC1(C)CCCC1Nc1cc(C#N)cc(Cl)n1. The molecule has 1 aliphatic rings. The normalized spacial score (nSPS) is 22.1. The van der Waals surface area contributed by atoms with Gasteiger partial charge in [-0.1, -0.05) is 31.9 Å². The highest BCUT2D eigenvalue weighted by atomic mass is 35.5. The molecule has 1 fully saturated rings. The van der Waals surface area contributed by atoms with Crippen LogP contribution < -0.4 is 5.32 Å². The third-order valence-electron chi connectivity index (χ3n) is 3.50. The van der Waals surface area contributed by atoms with E-state index in [2.05, 4.69) is 30.2 Å². The van der Waals surface area contributed by atoms with Crippen LogP contribution in [0.3, 0.4) is 0 Å². The summed E-state index contributed by atoms with van der Waals surface area (Å²) in [5, 5.41) is 12.6. The van der Waals surface area contributed by atoms with Crippen LogP contribution in [0.25, 0.3) is 0 Å². The Bertz CT molecular complexity index is 462. The lowest BCUT2D eigenvalue weighted by Gasteiger charge is -2.28. The molecule has 1 aliphatic carbocycles. The quantitative estimate of drug-likeness (QED) is 0.815. The third kappa shape index (κ3) is 2.70. The van der Waals surface area contributed by atoms with Crippen LogP contribution in [0.2, 0.25) is 5.15 Å². The van der Waals surface area contributed by atoms with Crippen molar-refractivity contribution in [3.63, 3.8) is 0 Å². The molecule has 1 unspecified atom stereocenters. The number of rotatable bonds is 2. The maximum Gasteiger partial charge on any atom is 0.132 e. The van der Waals surface area contributed by atoms with Gasteiger partial charge in [-0.05, 0) is 30.4 Å². The molecular weight excluding hydrogens is 234 g/mol. The molecule has 0 bridgehead atoms. The van der Waals surface area contributed by atoms with Gasteiger partial charge in [-0.3, -0.25) is 0 Å². The molecule has 0 saturated heterocycles. The van der Waals surface area contributed by atoms with Crippen molar-refractivity contribution in [2.75, 3.05) is 5.32 Å². The third-order valence-corrected chi connectivity index (χ3v) is 3.70. The summed E-state index contributed by atoms with van der Waals surface area (Å²) in [4.78, 5) is 4.21. The fourth-order valence-electron chi connectivity index (χ4n) is 2.41. The van der Waals surface area contributed by atoms with Gasteiger partial charge in [0.15, 0.2) is 0 Å². The van der Waals surface area contributed by atoms with E-state index in [1.54, 1.807) is 12.1 Å². The number of pyridine rings is 1. The molecule has 1 atom stereocenters. The molecule has 1 aromatic heterocycles. The molecule has 4 heteroatoms. The highest BCUT2D eigenvalue weighted by molar-refractivity contribution is 6.29. The van der Waals surface area contributed by atoms with Crippen molar-refractivity contribution in [1.82, 2.24) is 4.98 Å². The van der Waals surface area contributed by atoms with Gasteiger partial charge in [-0.25, -0.2) is 4.98 Å². The second kappa shape index (κ2) is 4.54. The summed E-state index contributed by atoms with van der Waals surface area (Å²) in [5.41, 5.74) is 0.819. The van der Waals surface area contributed by atoms with E-state index in [1.165, 1.54) is 12.8 Å². The summed E-state index contributed by atoms with van der Waals surface area (Å²) in [5.74, 6) is 0.703. The topological polar surface area (TPSA) is 48.7 Å². The maximum atomic E-state index is 8.89. The Balaban J connectivity index is 2.19. The number of halogens is 1. The number of aromatic nitrogens is 1. The van der Waals surface area contributed by atoms with Crippen molar-refractivity contribution in [2.45, 2.75) is 39.2 Å². The fourth-order valence-corrected chi connectivity index (χ4v) is 2.62. The predicted molar refractivity (Wildman–Crippen MR) is 69.0 cm³/mol. The molecule has 17 heavy (non-hydrogen) atoms. The highest BCUT2D eigenvalue weighted by Gasteiger charge is 2.34. The van der Waals surface area contributed by atoms with Crippen LogP contribution in [-0.4, -0.2) is 11.0 Å². The molecule has 1 saturated carbocycles. The largest absolute Gasteiger partial charge is 0.367 e. The van der Waals surface area contributed by atoms with Crippen LogP contribution in [0.4, 0.5) is 5.82 Å². The average Bonchev–Trinajstić information content (AvgIpc) is 2.57. The van der Waals surface area contributed by atoms with E-state index in [0.29, 0.717) is 22.6 Å². The predicted octanol–water partition coefficient (Wildman–Crippen LogP) is 3.60. The molecule has 3 nitrogen and oxygen atoms in total. The molecular formula is C13H16ClN3. The molecule has 0 radical (unpaired) electrons. The Kier molecular flexibility index (Phi) is 3.26. The summed E-state index contributed by atoms with van der Waals surface area (Å²) in [6, 6.07) is 5.82. The zero-order valence-electron chi connectivity index (χ0n) is 10.1. The van der Waals surface area contributed by atoms with Crippen LogP contribution in [0.15, 0.2) is 12.1 Å². The van der Waals surface area contributed by atoms with Crippen LogP contribution >= 0.6 is 11.6 Å². The minimum absolute atomic E-state index is 0.275. The lowest BCUT2D eigenvalue weighted by molar-refractivity contribution is 0.349. The first kappa shape index (κ1) is 12.2. The maximum absolute atomic E-state index is 8.89. The number of nitrogens with one attached hydrogen (secondary N) is 1. The Hall–Kier alpha value is -1.27.